The molecule has 0 fully saturated rings. The van der Waals surface area contributed by atoms with Gasteiger partial charge in [0.25, 0.3) is 5.91 Å². The molecule has 1 N–H and O–H groups in total. The summed E-state index contributed by atoms with van der Waals surface area (Å²) in [6, 6.07) is 18.1. The van der Waals surface area contributed by atoms with Crippen LogP contribution in [0.4, 0.5) is 0 Å². The molecule has 22 heavy (non-hydrogen) atoms. The molecule has 112 valence electrons. The second-order valence-corrected chi connectivity index (χ2v) is 5.49. The largest absolute Gasteiger partial charge is 0.352 e. The van der Waals surface area contributed by atoms with Crippen molar-refractivity contribution in [2.75, 3.05) is 6.54 Å². The van der Waals surface area contributed by atoms with E-state index in [0.29, 0.717) is 6.54 Å². The number of amides is 1. The molecule has 0 atom stereocenters. The lowest BCUT2D eigenvalue weighted by molar-refractivity contribution is 0.0952. The second kappa shape index (κ2) is 6.48. The van der Waals surface area contributed by atoms with E-state index in [4.69, 9.17) is 0 Å². The molecule has 3 rings (SSSR count). The van der Waals surface area contributed by atoms with Crippen molar-refractivity contribution in [1.29, 1.82) is 0 Å². The smallest absolute Gasteiger partial charge is 0.251 e. The zero-order chi connectivity index (χ0) is 15.4. The minimum absolute atomic E-state index is 0.00969. The number of benzene rings is 2. The number of rotatable bonds is 5. The molecular formula is C19H20N2O. The Bertz CT molecular complexity index is 789. The fourth-order valence-corrected chi connectivity index (χ4v) is 2.71. The highest BCUT2D eigenvalue weighted by atomic mass is 16.1. The second-order valence-electron chi connectivity index (χ2n) is 5.49. The summed E-state index contributed by atoms with van der Waals surface area (Å²) in [5, 5.41) is 4.25. The molecule has 0 aliphatic rings. The van der Waals surface area contributed by atoms with Crippen molar-refractivity contribution in [3.8, 4) is 0 Å². The van der Waals surface area contributed by atoms with E-state index >= 15 is 0 Å². The average Bonchev–Trinajstić information content (AvgIpc) is 2.95. The average molecular weight is 292 g/mol. The van der Waals surface area contributed by atoms with Gasteiger partial charge in [-0.1, -0.05) is 36.4 Å². The lowest BCUT2D eigenvalue weighted by Crippen LogP contribution is -2.25. The summed E-state index contributed by atoms with van der Waals surface area (Å²) < 4.78 is 2.23. The summed E-state index contributed by atoms with van der Waals surface area (Å²) in [4.78, 5) is 12.1. The first kappa shape index (κ1) is 14.4. The number of nitrogens with one attached hydrogen (secondary N) is 1. The van der Waals surface area contributed by atoms with Gasteiger partial charge in [-0.25, -0.2) is 0 Å². The monoisotopic (exact) mass is 292 g/mol. The van der Waals surface area contributed by atoms with Gasteiger partial charge in [-0.2, -0.15) is 0 Å². The van der Waals surface area contributed by atoms with Crippen molar-refractivity contribution in [3.63, 3.8) is 0 Å². The zero-order valence-corrected chi connectivity index (χ0v) is 12.8. The van der Waals surface area contributed by atoms with Gasteiger partial charge in [0.15, 0.2) is 0 Å². The molecular weight excluding hydrogens is 272 g/mol. The minimum Gasteiger partial charge on any atom is -0.352 e. The third kappa shape index (κ3) is 3.03. The SMILES string of the molecule is Cc1ccccc1C(=O)NCCCn1ccc2ccccc21. The number of carbonyl (C=O) groups is 1. The summed E-state index contributed by atoms with van der Waals surface area (Å²) >= 11 is 0. The number of aryl methyl sites for hydroxylation is 2. The van der Waals surface area contributed by atoms with Gasteiger partial charge in [0.1, 0.15) is 0 Å². The number of hydrogen-bond acceptors (Lipinski definition) is 1. The molecule has 0 saturated carbocycles. The number of carbonyl (C=O) groups excluding carboxylic acids is 1. The lowest BCUT2D eigenvalue weighted by Gasteiger charge is -2.09. The molecule has 0 aliphatic carbocycles. The summed E-state index contributed by atoms with van der Waals surface area (Å²) in [5.74, 6) is 0.00969. The van der Waals surface area contributed by atoms with E-state index in [1.165, 1.54) is 10.9 Å². The highest BCUT2D eigenvalue weighted by Crippen LogP contribution is 2.15. The zero-order valence-electron chi connectivity index (χ0n) is 12.8. The molecule has 3 heteroatoms. The van der Waals surface area contributed by atoms with Crippen LogP contribution in [0.5, 0.6) is 0 Å². The molecule has 2 aromatic carbocycles. The number of hydrogen-bond donors (Lipinski definition) is 1. The van der Waals surface area contributed by atoms with Gasteiger partial charge in [-0.3, -0.25) is 4.79 Å². The third-order valence-corrected chi connectivity index (χ3v) is 3.93. The standard InChI is InChI=1S/C19H20N2O/c1-15-7-2-4-9-17(15)19(22)20-12-6-13-21-14-11-16-8-3-5-10-18(16)21/h2-5,7-11,14H,6,12-13H2,1H3,(H,20,22). The maximum atomic E-state index is 12.1. The van der Waals surface area contributed by atoms with Gasteiger partial charge in [-0.05, 0) is 42.5 Å². The summed E-state index contributed by atoms with van der Waals surface area (Å²) in [6.07, 6.45) is 3.02. The van der Waals surface area contributed by atoms with Crippen LogP contribution in [-0.2, 0) is 6.54 Å². The molecule has 1 aromatic heterocycles. The van der Waals surface area contributed by atoms with Gasteiger partial charge in [0.2, 0.25) is 0 Å². The molecule has 0 spiro atoms. The van der Waals surface area contributed by atoms with Crippen molar-refractivity contribution < 1.29 is 4.79 Å². The number of para-hydroxylation sites is 1. The molecule has 1 amide bonds. The van der Waals surface area contributed by atoms with Crippen molar-refractivity contribution in [2.24, 2.45) is 0 Å². The van der Waals surface area contributed by atoms with Gasteiger partial charge in [0.05, 0.1) is 0 Å². The third-order valence-electron chi connectivity index (χ3n) is 3.93. The maximum absolute atomic E-state index is 12.1. The highest BCUT2D eigenvalue weighted by molar-refractivity contribution is 5.95. The van der Waals surface area contributed by atoms with Crippen molar-refractivity contribution >= 4 is 16.8 Å². The van der Waals surface area contributed by atoms with Crippen LogP contribution < -0.4 is 5.32 Å². The van der Waals surface area contributed by atoms with Crippen LogP contribution in [0, 0.1) is 6.92 Å². The molecule has 0 radical (unpaired) electrons. The maximum Gasteiger partial charge on any atom is 0.251 e. The Morgan fingerprint density at radius 1 is 1.05 bits per heavy atom. The predicted octanol–water partition coefficient (Wildman–Crippen LogP) is 3.77. The topological polar surface area (TPSA) is 34.0 Å². The van der Waals surface area contributed by atoms with Crippen LogP contribution in [0.3, 0.4) is 0 Å². The molecule has 3 aromatic rings. The van der Waals surface area contributed by atoms with E-state index in [0.717, 1.165) is 24.1 Å². The Balaban J connectivity index is 1.54. The van der Waals surface area contributed by atoms with Crippen LogP contribution in [0.25, 0.3) is 10.9 Å². The Kier molecular flexibility index (Phi) is 4.24. The van der Waals surface area contributed by atoms with E-state index < -0.39 is 0 Å². The highest BCUT2D eigenvalue weighted by Gasteiger charge is 2.07. The van der Waals surface area contributed by atoms with E-state index in [-0.39, 0.29) is 5.91 Å². The van der Waals surface area contributed by atoms with Crippen LogP contribution in [0.1, 0.15) is 22.3 Å². The lowest BCUT2D eigenvalue weighted by atomic mass is 10.1. The van der Waals surface area contributed by atoms with Gasteiger partial charge < -0.3 is 9.88 Å². The Hall–Kier alpha value is -2.55. The Labute approximate surface area is 130 Å². The number of fused-ring (bicyclic) bond motifs is 1. The van der Waals surface area contributed by atoms with Gasteiger partial charge >= 0.3 is 0 Å². The van der Waals surface area contributed by atoms with Crippen molar-refractivity contribution in [3.05, 3.63) is 71.9 Å². The number of nitrogens with zero attached hydrogens (tertiary/aromatic N) is 1. The normalized spacial score (nSPS) is 10.8. The molecule has 0 bridgehead atoms. The fourth-order valence-electron chi connectivity index (χ4n) is 2.71. The van der Waals surface area contributed by atoms with Crippen LogP contribution in [0.15, 0.2) is 60.8 Å². The molecule has 0 saturated heterocycles. The summed E-state index contributed by atoms with van der Waals surface area (Å²) in [7, 11) is 0. The van der Waals surface area contributed by atoms with E-state index in [1.54, 1.807) is 0 Å². The first-order valence-electron chi connectivity index (χ1n) is 7.63. The summed E-state index contributed by atoms with van der Waals surface area (Å²) in [5.41, 5.74) is 3.01. The quantitative estimate of drug-likeness (QED) is 0.714. The molecule has 0 aliphatic heterocycles. The fraction of sp³-hybridized carbons (Fsp3) is 0.211. The van der Waals surface area contributed by atoms with Gasteiger partial charge in [-0.15, -0.1) is 0 Å². The van der Waals surface area contributed by atoms with Crippen LogP contribution >= 0.6 is 0 Å². The first-order valence-corrected chi connectivity index (χ1v) is 7.63. The van der Waals surface area contributed by atoms with Crippen LogP contribution in [0.2, 0.25) is 0 Å². The minimum atomic E-state index is 0.00969. The van der Waals surface area contributed by atoms with Crippen molar-refractivity contribution in [1.82, 2.24) is 9.88 Å². The summed E-state index contributed by atoms with van der Waals surface area (Å²) in [6.45, 7) is 3.54. The van der Waals surface area contributed by atoms with Crippen LogP contribution in [-0.4, -0.2) is 17.0 Å². The van der Waals surface area contributed by atoms with E-state index in [2.05, 4.69) is 46.4 Å². The van der Waals surface area contributed by atoms with Gasteiger partial charge in [0, 0.05) is 30.4 Å². The predicted molar refractivity (Wildman–Crippen MR) is 90.1 cm³/mol. The molecule has 1 heterocycles. The number of aromatic nitrogens is 1. The molecule has 0 unspecified atom stereocenters. The van der Waals surface area contributed by atoms with E-state index in [9.17, 15) is 4.79 Å². The molecule has 3 nitrogen and oxygen atoms in total. The Morgan fingerprint density at radius 2 is 1.82 bits per heavy atom. The Morgan fingerprint density at radius 3 is 2.68 bits per heavy atom. The first-order chi connectivity index (χ1) is 10.8. The van der Waals surface area contributed by atoms with E-state index in [1.807, 2.05) is 31.2 Å². The van der Waals surface area contributed by atoms with Crippen molar-refractivity contribution in [2.45, 2.75) is 19.9 Å².